The molecule has 1 N–H and O–H groups in total. The zero-order chi connectivity index (χ0) is 19.2. The molecule has 0 saturated carbocycles. The molecule has 0 saturated heterocycles. The Hall–Kier alpha value is -2.54. The lowest BCUT2D eigenvalue weighted by atomic mass is 10.2. The van der Waals surface area contributed by atoms with Gasteiger partial charge in [-0.2, -0.15) is 0 Å². The van der Waals surface area contributed by atoms with Gasteiger partial charge in [-0.15, -0.1) is 0 Å². The molecule has 0 aliphatic rings. The van der Waals surface area contributed by atoms with E-state index in [4.69, 9.17) is 4.74 Å². The first kappa shape index (κ1) is 19.8. The molecule has 140 valence electrons. The molecule has 1 amide bonds. The molecule has 0 radical (unpaired) electrons. The molecule has 0 aliphatic heterocycles. The Bertz CT molecular complexity index is 848. The Morgan fingerprint density at radius 2 is 1.77 bits per heavy atom. The highest BCUT2D eigenvalue weighted by atomic mass is 32.2. The van der Waals surface area contributed by atoms with Gasteiger partial charge >= 0.3 is 0 Å². The summed E-state index contributed by atoms with van der Waals surface area (Å²) in [7, 11) is -1.90. The molecule has 2 aromatic carbocycles. The van der Waals surface area contributed by atoms with Crippen molar-refractivity contribution in [1.29, 1.82) is 0 Å². The highest BCUT2D eigenvalue weighted by molar-refractivity contribution is 7.92. The average molecular weight is 376 g/mol. The van der Waals surface area contributed by atoms with Gasteiger partial charge in [0.05, 0.1) is 19.1 Å². The molecule has 0 atom stereocenters. The molecule has 0 aromatic heterocycles. The molecule has 6 nitrogen and oxygen atoms in total. The molecule has 2 rings (SSSR count). The van der Waals surface area contributed by atoms with Gasteiger partial charge in [0, 0.05) is 25.1 Å². The summed E-state index contributed by atoms with van der Waals surface area (Å²) in [4.78, 5) is 12.2. The van der Waals surface area contributed by atoms with E-state index in [1.807, 2.05) is 43.3 Å². The van der Waals surface area contributed by atoms with Gasteiger partial charge in [-0.1, -0.05) is 35.9 Å². The Balaban J connectivity index is 1.98. The highest BCUT2D eigenvalue weighted by Gasteiger charge is 2.18. The van der Waals surface area contributed by atoms with E-state index in [9.17, 15) is 13.2 Å². The first-order valence-electron chi connectivity index (χ1n) is 8.24. The Labute approximate surface area is 154 Å². The minimum atomic E-state index is -3.47. The first-order valence-corrected chi connectivity index (χ1v) is 10.1. The average Bonchev–Trinajstić information content (AvgIpc) is 2.60. The number of para-hydroxylation sites is 1. The number of nitrogens with zero attached hydrogens (tertiary/aromatic N) is 1. The van der Waals surface area contributed by atoms with Crippen LogP contribution in [-0.2, 0) is 21.4 Å². The molecule has 0 spiro atoms. The Morgan fingerprint density at radius 1 is 1.12 bits per heavy atom. The monoisotopic (exact) mass is 376 g/mol. The van der Waals surface area contributed by atoms with Crippen molar-refractivity contribution < 1.29 is 17.9 Å². The van der Waals surface area contributed by atoms with Crippen molar-refractivity contribution in [2.75, 3.05) is 24.2 Å². The first-order chi connectivity index (χ1) is 12.3. The maximum atomic E-state index is 12.2. The summed E-state index contributed by atoms with van der Waals surface area (Å²) < 4.78 is 30.6. The van der Waals surface area contributed by atoms with Gasteiger partial charge in [-0.25, -0.2) is 8.42 Å². The second kappa shape index (κ2) is 8.71. The largest absolute Gasteiger partial charge is 0.496 e. The fourth-order valence-electron chi connectivity index (χ4n) is 2.53. The van der Waals surface area contributed by atoms with Gasteiger partial charge in [0.25, 0.3) is 0 Å². The number of hydrogen-bond donors (Lipinski definition) is 1. The summed E-state index contributed by atoms with van der Waals surface area (Å²) in [5.41, 5.74) is 2.45. The van der Waals surface area contributed by atoms with Crippen LogP contribution in [0.4, 0.5) is 5.69 Å². The standard InChI is InChI=1S/C19H24N2O4S/c1-15-8-10-17(11-9-15)21(26(3,23)24)13-12-19(22)20-14-16-6-4-5-7-18(16)25-2/h4-11H,12-14H2,1-3H3,(H,20,22). The number of methoxy groups -OCH3 is 1. The zero-order valence-corrected chi connectivity index (χ0v) is 16.0. The quantitative estimate of drug-likeness (QED) is 0.768. The Kier molecular flexibility index (Phi) is 6.63. The third kappa shape index (κ3) is 5.49. The molecule has 0 unspecified atom stereocenters. The number of anilines is 1. The number of amides is 1. The maximum absolute atomic E-state index is 12.2. The van der Waals surface area contributed by atoms with Crippen LogP contribution in [0, 0.1) is 6.92 Å². The van der Waals surface area contributed by atoms with Crippen molar-refractivity contribution in [3.63, 3.8) is 0 Å². The summed E-state index contributed by atoms with van der Waals surface area (Å²) in [6.45, 7) is 2.34. The van der Waals surface area contributed by atoms with Crippen LogP contribution in [0.3, 0.4) is 0 Å². The third-order valence-corrected chi connectivity index (χ3v) is 5.13. The summed E-state index contributed by atoms with van der Waals surface area (Å²) in [5, 5.41) is 2.80. The predicted molar refractivity (Wildman–Crippen MR) is 103 cm³/mol. The minimum absolute atomic E-state index is 0.0656. The molecule has 0 fully saturated rings. The lowest BCUT2D eigenvalue weighted by Crippen LogP contribution is -2.34. The van der Waals surface area contributed by atoms with Crippen LogP contribution in [0.25, 0.3) is 0 Å². The second-order valence-corrected chi connectivity index (χ2v) is 7.92. The molecule has 2 aromatic rings. The van der Waals surface area contributed by atoms with Crippen molar-refractivity contribution >= 4 is 21.6 Å². The van der Waals surface area contributed by atoms with Gasteiger partial charge in [0.15, 0.2) is 0 Å². The number of nitrogens with one attached hydrogen (secondary N) is 1. The lowest BCUT2D eigenvalue weighted by molar-refractivity contribution is -0.121. The van der Waals surface area contributed by atoms with Crippen molar-refractivity contribution in [3.8, 4) is 5.75 Å². The van der Waals surface area contributed by atoms with E-state index in [1.165, 1.54) is 4.31 Å². The van der Waals surface area contributed by atoms with Crippen LogP contribution in [0.15, 0.2) is 48.5 Å². The van der Waals surface area contributed by atoms with Gasteiger partial charge < -0.3 is 10.1 Å². The van der Waals surface area contributed by atoms with E-state index >= 15 is 0 Å². The highest BCUT2D eigenvalue weighted by Crippen LogP contribution is 2.19. The van der Waals surface area contributed by atoms with Gasteiger partial charge in [0.1, 0.15) is 5.75 Å². The van der Waals surface area contributed by atoms with Gasteiger partial charge in [-0.3, -0.25) is 9.10 Å². The van der Waals surface area contributed by atoms with Gasteiger partial charge in [0.2, 0.25) is 15.9 Å². The number of benzene rings is 2. The van der Waals surface area contributed by atoms with E-state index in [0.717, 1.165) is 17.4 Å². The van der Waals surface area contributed by atoms with Crippen LogP contribution in [0.5, 0.6) is 5.75 Å². The molecule has 0 bridgehead atoms. The fraction of sp³-hybridized carbons (Fsp3) is 0.316. The zero-order valence-electron chi connectivity index (χ0n) is 15.2. The molecule has 0 aliphatic carbocycles. The molecule has 0 heterocycles. The molecular weight excluding hydrogens is 352 g/mol. The van der Waals surface area contributed by atoms with Crippen molar-refractivity contribution in [3.05, 3.63) is 59.7 Å². The van der Waals surface area contributed by atoms with E-state index in [2.05, 4.69) is 5.32 Å². The number of rotatable bonds is 8. The smallest absolute Gasteiger partial charge is 0.232 e. The van der Waals surface area contributed by atoms with Crippen LogP contribution < -0.4 is 14.4 Å². The summed E-state index contributed by atoms with van der Waals surface area (Å²) in [5.74, 6) is 0.474. The van der Waals surface area contributed by atoms with Crippen LogP contribution in [0.2, 0.25) is 0 Å². The molecule has 26 heavy (non-hydrogen) atoms. The minimum Gasteiger partial charge on any atom is -0.496 e. The molecule has 7 heteroatoms. The number of carbonyl (C=O) groups excluding carboxylic acids is 1. The van der Waals surface area contributed by atoms with Crippen LogP contribution in [0.1, 0.15) is 17.5 Å². The van der Waals surface area contributed by atoms with E-state index in [0.29, 0.717) is 18.0 Å². The summed E-state index contributed by atoms with van der Waals surface area (Å²) in [6.07, 6.45) is 1.20. The van der Waals surface area contributed by atoms with Crippen molar-refractivity contribution in [2.24, 2.45) is 0 Å². The van der Waals surface area contributed by atoms with E-state index in [-0.39, 0.29) is 18.9 Å². The van der Waals surface area contributed by atoms with Crippen LogP contribution >= 0.6 is 0 Å². The van der Waals surface area contributed by atoms with Gasteiger partial charge in [-0.05, 0) is 25.1 Å². The number of ether oxygens (including phenoxy) is 1. The lowest BCUT2D eigenvalue weighted by Gasteiger charge is -2.22. The number of hydrogen-bond acceptors (Lipinski definition) is 4. The topological polar surface area (TPSA) is 75.7 Å². The second-order valence-electron chi connectivity index (χ2n) is 6.01. The summed E-state index contributed by atoms with van der Waals surface area (Å²) in [6, 6.07) is 14.6. The maximum Gasteiger partial charge on any atom is 0.232 e. The SMILES string of the molecule is COc1ccccc1CNC(=O)CCN(c1ccc(C)cc1)S(C)(=O)=O. The van der Waals surface area contributed by atoms with Crippen molar-refractivity contribution in [2.45, 2.75) is 19.9 Å². The third-order valence-electron chi connectivity index (χ3n) is 3.93. The molecular formula is C19H24N2O4S. The Morgan fingerprint density at radius 3 is 2.38 bits per heavy atom. The van der Waals surface area contributed by atoms with E-state index < -0.39 is 10.0 Å². The fourth-order valence-corrected chi connectivity index (χ4v) is 3.46. The normalized spacial score (nSPS) is 11.0. The van der Waals surface area contributed by atoms with E-state index in [1.54, 1.807) is 19.2 Å². The number of sulfonamides is 1. The number of aryl methyl sites for hydroxylation is 1. The predicted octanol–water partition coefficient (Wildman–Crippen LogP) is 2.48. The van der Waals surface area contributed by atoms with Crippen LogP contribution in [-0.4, -0.2) is 34.2 Å². The number of carbonyl (C=O) groups is 1. The van der Waals surface area contributed by atoms with Crippen molar-refractivity contribution in [1.82, 2.24) is 5.32 Å². The summed E-state index contributed by atoms with van der Waals surface area (Å²) >= 11 is 0.